The van der Waals surface area contributed by atoms with Crippen molar-refractivity contribution in [1.29, 1.82) is 5.26 Å². The summed E-state index contributed by atoms with van der Waals surface area (Å²) < 4.78 is 0. The van der Waals surface area contributed by atoms with Crippen molar-refractivity contribution in [3.05, 3.63) is 41.5 Å². The molecule has 6 nitrogen and oxygen atoms in total. The number of thioether (sulfide) groups is 1. The molecule has 0 spiro atoms. The third kappa shape index (κ3) is 4.19. The Bertz CT molecular complexity index is 687. The van der Waals surface area contributed by atoms with E-state index in [1.54, 1.807) is 0 Å². The number of amides is 1. The molecule has 0 aliphatic heterocycles. The molecule has 0 aliphatic carbocycles. The van der Waals surface area contributed by atoms with Gasteiger partial charge in [-0.25, -0.2) is 5.10 Å². The lowest BCUT2D eigenvalue weighted by Crippen LogP contribution is -2.14. The summed E-state index contributed by atoms with van der Waals surface area (Å²) in [5, 5.41) is 18.7. The van der Waals surface area contributed by atoms with Gasteiger partial charge < -0.3 is 0 Å². The fraction of sp³-hybridized carbons (Fsp3) is 0.143. The second-order valence-corrected chi connectivity index (χ2v) is 5.17. The first-order valence-corrected chi connectivity index (χ1v) is 7.25. The van der Waals surface area contributed by atoms with Crippen molar-refractivity contribution >= 4 is 29.7 Å². The van der Waals surface area contributed by atoms with E-state index in [4.69, 9.17) is 5.26 Å². The number of carbonyl (C=O) groups is 1. The second kappa shape index (κ2) is 7.26. The molecule has 0 saturated carbocycles. The molecule has 0 aliphatic rings. The Labute approximate surface area is 126 Å². The highest BCUT2D eigenvalue weighted by Crippen LogP contribution is 2.14. The smallest absolute Gasteiger partial charge is 0.268 e. The molecule has 0 bridgehead atoms. The molecule has 2 rings (SSSR count). The van der Waals surface area contributed by atoms with Crippen LogP contribution in [0.4, 0.5) is 5.95 Å². The van der Waals surface area contributed by atoms with Crippen LogP contribution in [0, 0.1) is 11.3 Å². The fourth-order valence-corrected chi connectivity index (χ4v) is 2.06. The summed E-state index contributed by atoms with van der Waals surface area (Å²) in [5.74, 6) is 0.540. The van der Waals surface area contributed by atoms with Crippen LogP contribution in [0.2, 0.25) is 0 Å². The maximum atomic E-state index is 12.0. The van der Waals surface area contributed by atoms with Gasteiger partial charge in [-0.05, 0) is 17.4 Å². The minimum atomic E-state index is -0.523. The number of nitrogens with one attached hydrogen (secondary N) is 2. The molecule has 106 valence electrons. The molecule has 7 heteroatoms. The topological polar surface area (TPSA) is 94.5 Å². The van der Waals surface area contributed by atoms with Crippen LogP contribution >= 0.6 is 11.8 Å². The molecule has 1 amide bonds. The van der Waals surface area contributed by atoms with E-state index in [-0.39, 0.29) is 11.5 Å². The van der Waals surface area contributed by atoms with Crippen LogP contribution in [-0.4, -0.2) is 26.8 Å². The summed E-state index contributed by atoms with van der Waals surface area (Å²) in [6.45, 7) is 1.98. The monoisotopic (exact) mass is 299 g/mol. The van der Waals surface area contributed by atoms with Gasteiger partial charge in [-0.3, -0.25) is 10.1 Å². The minimum absolute atomic E-state index is 0.00212. The van der Waals surface area contributed by atoms with Crippen molar-refractivity contribution in [2.24, 2.45) is 0 Å². The van der Waals surface area contributed by atoms with E-state index in [9.17, 15) is 4.79 Å². The Balaban J connectivity index is 2.10. The SMILES string of the molecule is CCSc1n[nH]c(NC(=O)/C(C#N)=C/c2ccccc2)n1. The van der Waals surface area contributed by atoms with Crippen molar-refractivity contribution in [2.45, 2.75) is 12.1 Å². The number of rotatable bonds is 5. The lowest BCUT2D eigenvalue weighted by Gasteiger charge is -1.99. The number of nitriles is 1. The van der Waals surface area contributed by atoms with Crippen molar-refractivity contribution in [2.75, 3.05) is 11.1 Å². The molecule has 21 heavy (non-hydrogen) atoms. The summed E-state index contributed by atoms with van der Waals surface area (Å²) in [6, 6.07) is 11.1. The number of aromatic nitrogens is 3. The summed E-state index contributed by atoms with van der Waals surface area (Å²) in [6.07, 6.45) is 1.52. The Morgan fingerprint density at radius 2 is 2.24 bits per heavy atom. The average Bonchev–Trinajstić information content (AvgIpc) is 2.93. The highest BCUT2D eigenvalue weighted by Gasteiger charge is 2.12. The zero-order chi connectivity index (χ0) is 15.1. The van der Waals surface area contributed by atoms with Crippen LogP contribution in [0.5, 0.6) is 0 Å². The minimum Gasteiger partial charge on any atom is -0.290 e. The van der Waals surface area contributed by atoms with Gasteiger partial charge in [0, 0.05) is 0 Å². The fourth-order valence-electron chi connectivity index (χ4n) is 1.54. The van der Waals surface area contributed by atoms with Crippen molar-refractivity contribution in [3.8, 4) is 6.07 Å². The van der Waals surface area contributed by atoms with Gasteiger partial charge in [-0.1, -0.05) is 49.0 Å². The Morgan fingerprint density at radius 1 is 1.48 bits per heavy atom. The van der Waals surface area contributed by atoms with Gasteiger partial charge in [0.15, 0.2) is 0 Å². The van der Waals surface area contributed by atoms with E-state index in [1.807, 2.05) is 43.3 Å². The van der Waals surface area contributed by atoms with Crippen LogP contribution < -0.4 is 5.32 Å². The van der Waals surface area contributed by atoms with Crippen LogP contribution in [0.25, 0.3) is 6.08 Å². The van der Waals surface area contributed by atoms with E-state index in [0.717, 1.165) is 11.3 Å². The Kier molecular flexibility index (Phi) is 5.12. The number of hydrogen-bond donors (Lipinski definition) is 2. The number of hydrogen-bond acceptors (Lipinski definition) is 5. The standard InChI is InChI=1S/C14H13N5OS/c1-2-21-14-17-13(18-19-14)16-12(20)11(9-15)8-10-6-4-3-5-7-10/h3-8H,2H2,1H3,(H2,16,17,18,19,20)/b11-8+. The van der Waals surface area contributed by atoms with Gasteiger partial charge in [0.1, 0.15) is 11.6 Å². The highest BCUT2D eigenvalue weighted by molar-refractivity contribution is 7.99. The largest absolute Gasteiger partial charge is 0.290 e. The number of carbonyl (C=O) groups excluding carboxylic acids is 1. The average molecular weight is 299 g/mol. The van der Waals surface area contributed by atoms with Gasteiger partial charge in [0.2, 0.25) is 11.1 Å². The van der Waals surface area contributed by atoms with E-state index in [1.165, 1.54) is 17.8 Å². The molecule has 0 radical (unpaired) electrons. The van der Waals surface area contributed by atoms with E-state index in [2.05, 4.69) is 20.5 Å². The Morgan fingerprint density at radius 3 is 2.90 bits per heavy atom. The summed E-state index contributed by atoms with van der Waals surface area (Å²) >= 11 is 1.46. The molecule has 1 aromatic carbocycles. The number of H-pyrrole nitrogens is 1. The first-order chi connectivity index (χ1) is 10.2. The van der Waals surface area contributed by atoms with Crippen LogP contribution in [-0.2, 0) is 4.79 Å². The van der Waals surface area contributed by atoms with E-state index >= 15 is 0 Å². The van der Waals surface area contributed by atoms with Gasteiger partial charge in [0.25, 0.3) is 5.91 Å². The molecule has 2 aromatic rings. The number of anilines is 1. The molecular formula is C14H13N5OS. The Hall–Kier alpha value is -2.59. The zero-order valence-corrected chi connectivity index (χ0v) is 12.1. The zero-order valence-electron chi connectivity index (χ0n) is 11.3. The molecular weight excluding hydrogens is 286 g/mol. The van der Waals surface area contributed by atoms with Crippen LogP contribution in [0.3, 0.4) is 0 Å². The summed E-state index contributed by atoms with van der Waals surface area (Å²) in [5.41, 5.74) is 0.784. The third-order valence-electron chi connectivity index (χ3n) is 2.45. The summed E-state index contributed by atoms with van der Waals surface area (Å²) in [4.78, 5) is 16.1. The lowest BCUT2D eigenvalue weighted by atomic mass is 10.1. The molecule has 1 aromatic heterocycles. The maximum Gasteiger partial charge on any atom is 0.268 e. The van der Waals surface area contributed by atoms with Crippen molar-refractivity contribution in [3.63, 3.8) is 0 Å². The number of benzene rings is 1. The summed E-state index contributed by atoms with van der Waals surface area (Å²) in [7, 11) is 0. The van der Waals surface area contributed by atoms with Crippen molar-refractivity contribution in [1.82, 2.24) is 15.2 Å². The molecule has 0 unspecified atom stereocenters. The van der Waals surface area contributed by atoms with E-state index < -0.39 is 5.91 Å². The molecule has 1 heterocycles. The predicted octanol–water partition coefficient (Wildman–Crippen LogP) is 2.46. The maximum absolute atomic E-state index is 12.0. The quantitative estimate of drug-likeness (QED) is 0.502. The number of nitrogens with zero attached hydrogens (tertiary/aromatic N) is 3. The van der Waals surface area contributed by atoms with Gasteiger partial charge >= 0.3 is 0 Å². The molecule has 0 saturated heterocycles. The molecule has 2 N–H and O–H groups in total. The molecule has 0 fully saturated rings. The highest BCUT2D eigenvalue weighted by atomic mass is 32.2. The first kappa shape index (κ1) is 14.8. The van der Waals surface area contributed by atoms with Gasteiger partial charge in [-0.15, -0.1) is 5.10 Å². The second-order valence-electron chi connectivity index (χ2n) is 3.93. The van der Waals surface area contributed by atoms with Gasteiger partial charge in [-0.2, -0.15) is 10.2 Å². The predicted molar refractivity (Wildman–Crippen MR) is 81.4 cm³/mol. The van der Waals surface area contributed by atoms with E-state index in [0.29, 0.717) is 5.16 Å². The normalized spacial score (nSPS) is 11.0. The molecule has 0 atom stereocenters. The lowest BCUT2D eigenvalue weighted by molar-refractivity contribution is -0.112. The van der Waals surface area contributed by atoms with Crippen LogP contribution in [0.15, 0.2) is 41.1 Å². The van der Waals surface area contributed by atoms with Crippen molar-refractivity contribution < 1.29 is 4.79 Å². The third-order valence-corrected chi connectivity index (χ3v) is 3.18. The van der Waals surface area contributed by atoms with Gasteiger partial charge in [0.05, 0.1) is 0 Å². The number of aromatic amines is 1. The first-order valence-electron chi connectivity index (χ1n) is 6.26. The van der Waals surface area contributed by atoms with Crippen LogP contribution in [0.1, 0.15) is 12.5 Å².